The van der Waals surface area contributed by atoms with Gasteiger partial charge in [0.2, 0.25) is 0 Å². The quantitative estimate of drug-likeness (QED) is 0.848. The van der Waals surface area contributed by atoms with Gasteiger partial charge in [-0.2, -0.15) is 0 Å². The van der Waals surface area contributed by atoms with Crippen LogP contribution >= 0.6 is 11.3 Å². The van der Waals surface area contributed by atoms with Crippen molar-refractivity contribution in [2.24, 2.45) is 5.92 Å². The molecule has 1 saturated carbocycles. The first-order chi connectivity index (χ1) is 7.42. The SMILES string of the molecule is CCNC(c1cscn1)C1CCCCC1. The largest absolute Gasteiger partial charge is 0.309 e. The fourth-order valence-electron chi connectivity index (χ4n) is 2.58. The van der Waals surface area contributed by atoms with Gasteiger partial charge < -0.3 is 5.32 Å². The van der Waals surface area contributed by atoms with Gasteiger partial charge >= 0.3 is 0 Å². The molecule has 1 aliphatic carbocycles. The summed E-state index contributed by atoms with van der Waals surface area (Å²) in [4.78, 5) is 4.47. The van der Waals surface area contributed by atoms with E-state index in [1.807, 2.05) is 5.51 Å². The number of nitrogens with zero attached hydrogens (tertiary/aromatic N) is 1. The lowest BCUT2D eigenvalue weighted by atomic mass is 9.83. The standard InChI is InChI=1S/C12H20N2S/c1-2-13-12(11-8-15-9-14-11)10-6-4-3-5-7-10/h8-10,12-13H,2-7H2,1H3. The van der Waals surface area contributed by atoms with Crippen molar-refractivity contribution in [2.75, 3.05) is 6.54 Å². The van der Waals surface area contributed by atoms with E-state index in [4.69, 9.17) is 0 Å². The zero-order valence-electron chi connectivity index (χ0n) is 9.41. The Morgan fingerprint density at radius 2 is 2.27 bits per heavy atom. The van der Waals surface area contributed by atoms with Gasteiger partial charge in [-0.25, -0.2) is 4.98 Å². The van der Waals surface area contributed by atoms with Crippen molar-refractivity contribution in [3.63, 3.8) is 0 Å². The second kappa shape index (κ2) is 5.61. The Hall–Kier alpha value is -0.410. The van der Waals surface area contributed by atoms with Crippen LogP contribution in [0.2, 0.25) is 0 Å². The molecule has 84 valence electrons. The summed E-state index contributed by atoms with van der Waals surface area (Å²) < 4.78 is 0. The van der Waals surface area contributed by atoms with Crippen molar-refractivity contribution in [3.8, 4) is 0 Å². The van der Waals surface area contributed by atoms with E-state index in [1.165, 1.54) is 37.8 Å². The summed E-state index contributed by atoms with van der Waals surface area (Å²) in [5.41, 5.74) is 3.21. The van der Waals surface area contributed by atoms with E-state index in [0.29, 0.717) is 6.04 Å². The highest BCUT2D eigenvalue weighted by Gasteiger charge is 2.25. The predicted molar refractivity (Wildman–Crippen MR) is 65.1 cm³/mol. The van der Waals surface area contributed by atoms with Crippen LogP contribution in [0, 0.1) is 5.92 Å². The number of thiazole rings is 1. The maximum absolute atomic E-state index is 4.47. The molecule has 0 aliphatic heterocycles. The van der Waals surface area contributed by atoms with E-state index in [2.05, 4.69) is 22.6 Å². The Kier molecular flexibility index (Phi) is 4.15. The average Bonchev–Trinajstić information content (AvgIpc) is 2.80. The smallest absolute Gasteiger partial charge is 0.0795 e. The summed E-state index contributed by atoms with van der Waals surface area (Å²) in [5, 5.41) is 5.80. The molecule has 2 nitrogen and oxygen atoms in total. The minimum absolute atomic E-state index is 0.501. The van der Waals surface area contributed by atoms with Crippen LogP contribution in [0.1, 0.15) is 50.8 Å². The van der Waals surface area contributed by atoms with E-state index >= 15 is 0 Å². The van der Waals surface area contributed by atoms with Crippen molar-refractivity contribution in [2.45, 2.75) is 45.1 Å². The lowest BCUT2D eigenvalue weighted by Crippen LogP contribution is -2.29. The molecule has 0 spiro atoms. The molecule has 0 radical (unpaired) electrons. The maximum atomic E-state index is 4.47. The predicted octanol–water partition coefficient (Wildman–Crippen LogP) is 3.37. The lowest BCUT2D eigenvalue weighted by Gasteiger charge is -2.29. The summed E-state index contributed by atoms with van der Waals surface area (Å²) in [5.74, 6) is 0.806. The molecular weight excluding hydrogens is 204 g/mol. The van der Waals surface area contributed by atoms with Crippen LogP contribution in [-0.2, 0) is 0 Å². The van der Waals surface area contributed by atoms with Gasteiger partial charge in [-0.3, -0.25) is 0 Å². The van der Waals surface area contributed by atoms with Gasteiger partial charge in [-0.1, -0.05) is 26.2 Å². The van der Waals surface area contributed by atoms with Gasteiger partial charge in [0.05, 0.1) is 17.2 Å². The first-order valence-corrected chi connectivity index (χ1v) is 6.97. The van der Waals surface area contributed by atoms with Gasteiger partial charge in [-0.05, 0) is 25.3 Å². The maximum Gasteiger partial charge on any atom is 0.0795 e. The molecule has 1 aromatic heterocycles. The molecule has 0 amide bonds. The number of nitrogens with one attached hydrogen (secondary N) is 1. The molecule has 0 bridgehead atoms. The molecule has 0 aromatic carbocycles. The molecule has 3 heteroatoms. The van der Waals surface area contributed by atoms with E-state index in [-0.39, 0.29) is 0 Å². The molecule has 1 aliphatic rings. The number of rotatable bonds is 4. The van der Waals surface area contributed by atoms with Gasteiger partial charge in [0.15, 0.2) is 0 Å². The zero-order valence-corrected chi connectivity index (χ0v) is 10.2. The molecule has 2 rings (SSSR count). The van der Waals surface area contributed by atoms with E-state index in [1.54, 1.807) is 11.3 Å². The fraction of sp³-hybridized carbons (Fsp3) is 0.750. The fourth-order valence-corrected chi connectivity index (χ4v) is 3.17. The minimum Gasteiger partial charge on any atom is -0.309 e. The van der Waals surface area contributed by atoms with Crippen LogP contribution < -0.4 is 5.32 Å². The Bertz CT molecular complexity index is 265. The number of hydrogen-bond acceptors (Lipinski definition) is 3. The van der Waals surface area contributed by atoms with Gasteiger partial charge in [-0.15, -0.1) is 11.3 Å². The molecule has 1 aromatic rings. The van der Waals surface area contributed by atoms with E-state index in [0.717, 1.165) is 12.5 Å². The van der Waals surface area contributed by atoms with Crippen LogP contribution in [0.3, 0.4) is 0 Å². The Morgan fingerprint density at radius 3 is 2.87 bits per heavy atom. The van der Waals surface area contributed by atoms with Gasteiger partial charge in [0.1, 0.15) is 0 Å². The first-order valence-electron chi connectivity index (χ1n) is 6.03. The molecule has 1 unspecified atom stereocenters. The normalized spacial score (nSPS) is 20.3. The number of aromatic nitrogens is 1. The minimum atomic E-state index is 0.501. The van der Waals surface area contributed by atoms with Crippen molar-refractivity contribution >= 4 is 11.3 Å². The van der Waals surface area contributed by atoms with Gasteiger partial charge in [0.25, 0.3) is 0 Å². The number of hydrogen-bond donors (Lipinski definition) is 1. The molecule has 1 atom stereocenters. The molecular formula is C12H20N2S. The Balaban J connectivity index is 2.04. The van der Waals surface area contributed by atoms with Crippen molar-refractivity contribution in [1.29, 1.82) is 0 Å². The highest BCUT2D eigenvalue weighted by Crippen LogP contribution is 2.34. The summed E-state index contributed by atoms with van der Waals surface area (Å²) in [7, 11) is 0. The van der Waals surface area contributed by atoms with Crippen LogP contribution in [0.5, 0.6) is 0 Å². The van der Waals surface area contributed by atoms with Crippen molar-refractivity contribution < 1.29 is 0 Å². The average molecular weight is 224 g/mol. The third-order valence-electron chi connectivity index (χ3n) is 3.32. The van der Waals surface area contributed by atoms with Crippen molar-refractivity contribution in [3.05, 3.63) is 16.6 Å². The highest BCUT2D eigenvalue weighted by atomic mass is 32.1. The van der Waals surface area contributed by atoms with Crippen LogP contribution in [0.25, 0.3) is 0 Å². The van der Waals surface area contributed by atoms with Crippen LogP contribution in [-0.4, -0.2) is 11.5 Å². The molecule has 1 N–H and O–H groups in total. The molecule has 15 heavy (non-hydrogen) atoms. The summed E-state index contributed by atoms with van der Waals surface area (Å²) in [6, 6.07) is 0.501. The topological polar surface area (TPSA) is 24.9 Å². The zero-order chi connectivity index (χ0) is 10.5. The van der Waals surface area contributed by atoms with Crippen molar-refractivity contribution in [1.82, 2.24) is 10.3 Å². The molecule has 1 fully saturated rings. The monoisotopic (exact) mass is 224 g/mol. The second-order valence-electron chi connectivity index (χ2n) is 4.35. The van der Waals surface area contributed by atoms with Gasteiger partial charge in [0, 0.05) is 5.38 Å². The third kappa shape index (κ3) is 2.79. The Morgan fingerprint density at radius 1 is 1.47 bits per heavy atom. The van der Waals surface area contributed by atoms with Crippen LogP contribution in [0.15, 0.2) is 10.9 Å². The second-order valence-corrected chi connectivity index (χ2v) is 5.07. The summed E-state index contributed by atoms with van der Waals surface area (Å²) in [6.45, 7) is 3.22. The Labute approximate surface area is 96.1 Å². The molecule has 0 saturated heterocycles. The van der Waals surface area contributed by atoms with Crippen LogP contribution in [0.4, 0.5) is 0 Å². The molecule has 1 heterocycles. The first kappa shape index (κ1) is 11.1. The highest BCUT2D eigenvalue weighted by molar-refractivity contribution is 7.07. The third-order valence-corrected chi connectivity index (χ3v) is 3.92. The lowest BCUT2D eigenvalue weighted by molar-refractivity contribution is 0.271. The van der Waals surface area contributed by atoms with E-state index < -0.39 is 0 Å². The van der Waals surface area contributed by atoms with E-state index in [9.17, 15) is 0 Å². The summed E-state index contributed by atoms with van der Waals surface area (Å²) >= 11 is 1.71. The summed E-state index contributed by atoms with van der Waals surface area (Å²) in [6.07, 6.45) is 6.96.